The minimum atomic E-state index is -0.868. The van der Waals surface area contributed by atoms with Crippen molar-refractivity contribution < 1.29 is 14.6 Å². The lowest BCUT2D eigenvalue weighted by molar-refractivity contribution is -0.0202. The number of aromatic nitrogens is 3. The van der Waals surface area contributed by atoms with Crippen LogP contribution in [0.4, 0.5) is 0 Å². The second-order valence-electron chi connectivity index (χ2n) is 12.8. The number of fused-ring (bicyclic) bond motifs is 2. The number of aromatic carboxylic acids is 1. The van der Waals surface area contributed by atoms with Crippen LogP contribution in [0.25, 0.3) is 42.9 Å². The molecule has 1 aliphatic carbocycles. The first-order valence-electron chi connectivity index (χ1n) is 16.0. The molecule has 1 aliphatic heterocycles. The van der Waals surface area contributed by atoms with Crippen molar-refractivity contribution in [1.82, 2.24) is 19.4 Å². The van der Waals surface area contributed by atoms with Crippen molar-refractivity contribution >= 4 is 49.8 Å². The number of nitrogens with zero attached hydrogens (tertiary/aromatic N) is 4. The molecule has 2 fully saturated rings. The lowest BCUT2D eigenvalue weighted by Crippen LogP contribution is -2.49. The maximum absolute atomic E-state index is 12.2. The van der Waals surface area contributed by atoms with Crippen molar-refractivity contribution in [2.45, 2.75) is 84.3 Å². The van der Waals surface area contributed by atoms with Gasteiger partial charge in [0.05, 0.1) is 62.5 Å². The van der Waals surface area contributed by atoms with Crippen LogP contribution >= 0.6 is 22.7 Å². The van der Waals surface area contributed by atoms with Gasteiger partial charge in [-0.05, 0) is 81.8 Å². The van der Waals surface area contributed by atoms with Gasteiger partial charge >= 0.3 is 5.97 Å². The monoisotopic (exact) mass is 640 g/mol. The number of aryl methyl sites for hydroxylation is 2. The maximum atomic E-state index is 12.2. The lowest BCUT2D eigenvalue weighted by atomic mass is 9.83. The summed E-state index contributed by atoms with van der Waals surface area (Å²) in [5, 5.41) is 12.2. The van der Waals surface area contributed by atoms with Gasteiger partial charge < -0.3 is 19.3 Å². The summed E-state index contributed by atoms with van der Waals surface area (Å²) >= 11 is 3.11. The van der Waals surface area contributed by atoms with Crippen molar-refractivity contribution in [3.63, 3.8) is 0 Å². The molecular weight excluding hydrogens is 601 g/mol. The molecule has 0 amide bonds. The van der Waals surface area contributed by atoms with E-state index in [0.717, 1.165) is 66.5 Å². The smallest absolute Gasteiger partial charge is 0.345 e. The van der Waals surface area contributed by atoms with Gasteiger partial charge in [-0.25, -0.2) is 14.8 Å². The normalized spacial score (nSPS) is 19.5. The van der Waals surface area contributed by atoms with Crippen molar-refractivity contribution in [1.29, 1.82) is 0 Å². The molecule has 2 atom stereocenters. The van der Waals surface area contributed by atoms with Gasteiger partial charge in [0, 0.05) is 23.2 Å². The fraction of sp³-hybridized carbons (Fsp3) is 0.417. The van der Waals surface area contributed by atoms with Crippen molar-refractivity contribution in [3.8, 4) is 21.8 Å². The van der Waals surface area contributed by atoms with Crippen LogP contribution in [0.2, 0.25) is 0 Å². The van der Waals surface area contributed by atoms with Gasteiger partial charge in [-0.3, -0.25) is 0 Å². The number of thiazole rings is 1. The Kier molecular flexibility index (Phi) is 8.04. The van der Waals surface area contributed by atoms with E-state index in [1.807, 2.05) is 19.9 Å². The molecule has 2 aliphatic rings. The van der Waals surface area contributed by atoms with Crippen LogP contribution in [0.5, 0.6) is 0 Å². The highest BCUT2D eigenvalue weighted by molar-refractivity contribution is 7.21. The average molecular weight is 641 g/mol. The fourth-order valence-corrected chi connectivity index (χ4v) is 9.57. The van der Waals surface area contributed by atoms with Crippen LogP contribution in [0, 0.1) is 13.8 Å². The summed E-state index contributed by atoms with van der Waals surface area (Å²) in [4.78, 5) is 25.8. The van der Waals surface area contributed by atoms with E-state index in [0.29, 0.717) is 30.6 Å². The number of morpholine rings is 1. The minimum Gasteiger partial charge on any atom is -0.477 e. The SMILES string of the molecule is C=C(Cn1c(-c2ccc3nc(-c4sc(C)nc4C)ccc3c2)c(C2CCCCC2)c2sc(C(=O)O)cc21)N1C(C)COCC1C. The third-order valence-corrected chi connectivity index (χ3v) is 11.7. The van der Waals surface area contributed by atoms with E-state index in [9.17, 15) is 9.90 Å². The molecule has 1 N–H and O–H groups in total. The highest BCUT2D eigenvalue weighted by Gasteiger charge is 2.31. The molecule has 45 heavy (non-hydrogen) atoms. The molecule has 5 aromatic rings. The van der Waals surface area contributed by atoms with E-state index in [4.69, 9.17) is 9.72 Å². The zero-order chi connectivity index (χ0) is 31.4. The molecule has 7 rings (SSSR count). The molecule has 1 aromatic carbocycles. The Bertz CT molecular complexity index is 1920. The average Bonchev–Trinajstić information content (AvgIpc) is 3.69. The van der Waals surface area contributed by atoms with Gasteiger partial charge in [-0.1, -0.05) is 38.0 Å². The summed E-state index contributed by atoms with van der Waals surface area (Å²) in [5.41, 5.74) is 8.57. The highest BCUT2D eigenvalue weighted by Crippen LogP contribution is 2.47. The third kappa shape index (κ3) is 5.49. The number of carbonyl (C=O) groups is 1. The first-order valence-corrected chi connectivity index (χ1v) is 17.6. The number of benzene rings is 1. The summed E-state index contributed by atoms with van der Waals surface area (Å²) in [6.45, 7) is 15.0. The first kappa shape index (κ1) is 30.1. The molecule has 2 unspecified atom stereocenters. The standard InChI is InChI=1S/C36H40N4O3S2/c1-20(40-21(2)18-43-19-22(40)3)17-39-30-16-31(36(41)42)45-35(30)32(25-9-7-6-8-10-25)33(39)27-12-13-28-26(15-27)11-14-29(38-28)34-23(4)37-24(5)44-34/h11-16,21-22,25H,1,6-10,17-19H2,2-5H3,(H,41,42). The second-order valence-corrected chi connectivity index (χ2v) is 15.0. The van der Waals surface area contributed by atoms with Crippen LogP contribution in [0.3, 0.4) is 0 Å². The highest BCUT2D eigenvalue weighted by atomic mass is 32.1. The quantitative estimate of drug-likeness (QED) is 0.191. The minimum absolute atomic E-state index is 0.220. The van der Waals surface area contributed by atoms with Crippen molar-refractivity contribution in [2.24, 2.45) is 0 Å². The Morgan fingerprint density at radius 1 is 1.02 bits per heavy atom. The van der Waals surface area contributed by atoms with E-state index >= 15 is 0 Å². The first-order chi connectivity index (χ1) is 21.7. The largest absolute Gasteiger partial charge is 0.477 e. The van der Waals surface area contributed by atoms with Gasteiger partial charge in [0.2, 0.25) is 0 Å². The Morgan fingerprint density at radius 3 is 2.47 bits per heavy atom. The Hall–Kier alpha value is -3.53. The Labute approximate surface area is 272 Å². The van der Waals surface area contributed by atoms with E-state index in [2.05, 4.69) is 65.2 Å². The summed E-state index contributed by atoms with van der Waals surface area (Å²) in [6, 6.07) is 13.2. The number of hydrogen-bond acceptors (Lipinski definition) is 7. The Morgan fingerprint density at radius 2 is 1.78 bits per heavy atom. The molecule has 7 nitrogen and oxygen atoms in total. The fourth-order valence-electron chi connectivity index (χ4n) is 7.56. The van der Waals surface area contributed by atoms with Crippen molar-refractivity contribution in [2.75, 3.05) is 13.2 Å². The number of carboxylic acid groups (broad SMARTS) is 1. The number of rotatable bonds is 7. The lowest BCUT2D eigenvalue weighted by Gasteiger charge is -2.42. The van der Waals surface area contributed by atoms with Crippen LogP contribution in [0.1, 0.15) is 77.8 Å². The number of allylic oxidation sites excluding steroid dienone is 1. The molecule has 5 heterocycles. The van der Waals surface area contributed by atoms with Crippen LogP contribution in [-0.4, -0.2) is 55.8 Å². The maximum Gasteiger partial charge on any atom is 0.345 e. The number of ether oxygens (including phenoxy) is 1. The zero-order valence-electron chi connectivity index (χ0n) is 26.4. The van der Waals surface area contributed by atoms with Crippen LogP contribution in [-0.2, 0) is 11.3 Å². The van der Waals surface area contributed by atoms with Gasteiger partial charge in [-0.15, -0.1) is 22.7 Å². The van der Waals surface area contributed by atoms with E-state index in [1.165, 1.54) is 41.9 Å². The van der Waals surface area contributed by atoms with E-state index in [-0.39, 0.29) is 12.1 Å². The summed E-state index contributed by atoms with van der Waals surface area (Å²) < 4.78 is 9.28. The molecule has 0 spiro atoms. The predicted octanol–water partition coefficient (Wildman–Crippen LogP) is 9.03. The Balaban J connectivity index is 1.40. The third-order valence-electron chi connectivity index (χ3n) is 9.47. The second kappa shape index (κ2) is 12.0. The van der Waals surface area contributed by atoms with E-state index in [1.54, 1.807) is 11.3 Å². The zero-order valence-corrected chi connectivity index (χ0v) is 28.1. The van der Waals surface area contributed by atoms with E-state index < -0.39 is 5.97 Å². The topological polar surface area (TPSA) is 80.5 Å². The molecule has 1 saturated heterocycles. The molecular formula is C36H40N4O3S2. The van der Waals surface area contributed by atoms with Gasteiger partial charge in [0.1, 0.15) is 4.88 Å². The van der Waals surface area contributed by atoms with Gasteiger partial charge in [0.15, 0.2) is 0 Å². The van der Waals surface area contributed by atoms with Crippen LogP contribution < -0.4 is 0 Å². The molecule has 1 saturated carbocycles. The summed E-state index contributed by atoms with van der Waals surface area (Å²) in [5.74, 6) is -0.479. The van der Waals surface area contributed by atoms with Gasteiger partial charge in [0.25, 0.3) is 0 Å². The summed E-state index contributed by atoms with van der Waals surface area (Å²) in [7, 11) is 0. The molecule has 9 heteroatoms. The number of carboxylic acids is 1. The molecule has 234 valence electrons. The molecule has 4 aromatic heterocycles. The summed E-state index contributed by atoms with van der Waals surface area (Å²) in [6.07, 6.45) is 5.90. The number of pyridine rings is 1. The van der Waals surface area contributed by atoms with Gasteiger partial charge in [-0.2, -0.15) is 0 Å². The number of hydrogen-bond donors (Lipinski definition) is 1. The number of thiophene rings is 1. The molecule has 0 radical (unpaired) electrons. The molecule has 0 bridgehead atoms. The van der Waals surface area contributed by atoms with Crippen molar-refractivity contribution in [3.05, 3.63) is 69.8 Å². The van der Waals surface area contributed by atoms with Crippen LogP contribution in [0.15, 0.2) is 48.7 Å². The predicted molar refractivity (Wildman–Crippen MR) is 185 cm³/mol.